The first-order valence-electron chi connectivity index (χ1n) is 10.3. The number of carbonyl (C=O) groups is 2. The van der Waals surface area contributed by atoms with Crippen LogP contribution in [0.3, 0.4) is 0 Å². The molecule has 1 aliphatic heterocycles. The maximum absolute atomic E-state index is 15.1. The largest absolute Gasteiger partial charge is 0.419 e. The van der Waals surface area contributed by atoms with Crippen LogP contribution in [0.25, 0.3) is 0 Å². The topological polar surface area (TPSA) is 89.3 Å². The Balaban J connectivity index is 1.76. The van der Waals surface area contributed by atoms with Gasteiger partial charge in [-0.1, -0.05) is 6.08 Å². The van der Waals surface area contributed by atoms with E-state index in [1.165, 1.54) is 43.2 Å². The highest BCUT2D eigenvalue weighted by atomic mass is 32.1. The van der Waals surface area contributed by atoms with Gasteiger partial charge in [-0.15, -0.1) is 0 Å². The Labute approximate surface area is 197 Å². The van der Waals surface area contributed by atoms with Gasteiger partial charge < -0.3 is 10.2 Å². The molecule has 1 spiro atoms. The molecule has 0 aromatic carbocycles. The summed E-state index contributed by atoms with van der Waals surface area (Å²) in [4.78, 5) is 31.6. The van der Waals surface area contributed by atoms with Crippen LogP contribution < -0.4 is 10.2 Å². The molecule has 0 bridgehead atoms. The number of nitrogens with one attached hydrogen (secondary N) is 1. The monoisotopic (exact) mass is 493 g/mol. The lowest BCUT2D eigenvalue weighted by molar-refractivity contribution is -0.138. The highest BCUT2D eigenvalue weighted by Crippen LogP contribution is 2.49. The molecule has 7 nitrogen and oxygen atoms in total. The standard InChI is InChI=1S/C22H19F4N5O2S/c1-20(17(32)28-2)7-4-12(9-16(20)23)31-19(34)30(18(33)21(31)5-3-6-21)13-8-14(22(24,25)26)15(10-27)29-11-13/h4,7-9,11,16H,3,5-6H2,1-2H3,(H,28,32). The summed E-state index contributed by atoms with van der Waals surface area (Å²) in [5.74, 6) is -1.08. The Kier molecular flexibility index (Phi) is 5.51. The van der Waals surface area contributed by atoms with Crippen molar-refractivity contribution in [1.29, 1.82) is 5.26 Å². The van der Waals surface area contributed by atoms with E-state index in [1.54, 1.807) is 0 Å². The van der Waals surface area contributed by atoms with Crippen molar-refractivity contribution >= 4 is 34.8 Å². The highest BCUT2D eigenvalue weighted by molar-refractivity contribution is 7.80. The van der Waals surface area contributed by atoms with E-state index in [0.717, 1.165) is 11.1 Å². The van der Waals surface area contributed by atoms with Crippen LogP contribution in [0.2, 0.25) is 0 Å². The molecule has 4 rings (SSSR count). The van der Waals surface area contributed by atoms with E-state index in [1.807, 2.05) is 0 Å². The predicted octanol–water partition coefficient (Wildman–Crippen LogP) is 3.37. The number of aromatic nitrogens is 1. The first-order valence-corrected chi connectivity index (χ1v) is 10.7. The summed E-state index contributed by atoms with van der Waals surface area (Å²) >= 11 is 5.50. The van der Waals surface area contributed by atoms with Crippen LogP contribution in [0.5, 0.6) is 0 Å². The minimum absolute atomic E-state index is 0.129. The summed E-state index contributed by atoms with van der Waals surface area (Å²) in [6.07, 6.45) is -0.135. The summed E-state index contributed by atoms with van der Waals surface area (Å²) < 4.78 is 55.6. The van der Waals surface area contributed by atoms with Crippen molar-refractivity contribution in [2.24, 2.45) is 5.41 Å². The van der Waals surface area contributed by atoms with Gasteiger partial charge in [-0.25, -0.2) is 9.37 Å². The van der Waals surface area contributed by atoms with Crippen molar-refractivity contribution in [2.75, 3.05) is 11.9 Å². The predicted molar refractivity (Wildman–Crippen MR) is 117 cm³/mol. The minimum atomic E-state index is -4.87. The molecule has 2 fully saturated rings. The molecule has 0 radical (unpaired) electrons. The van der Waals surface area contributed by atoms with Gasteiger partial charge in [0.25, 0.3) is 5.91 Å². The van der Waals surface area contributed by atoms with Crippen molar-refractivity contribution in [3.8, 4) is 6.07 Å². The lowest BCUT2D eigenvalue weighted by atomic mass is 9.74. The number of carbonyl (C=O) groups excluding carboxylic acids is 2. The summed E-state index contributed by atoms with van der Waals surface area (Å²) in [6.45, 7) is 1.43. The number of amides is 2. The second kappa shape index (κ2) is 7.87. The van der Waals surface area contributed by atoms with E-state index in [-0.39, 0.29) is 16.5 Å². The average molecular weight is 493 g/mol. The van der Waals surface area contributed by atoms with E-state index >= 15 is 4.39 Å². The lowest BCUT2D eigenvalue weighted by Crippen LogP contribution is -2.55. The lowest BCUT2D eigenvalue weighted by Gasteiger charge is -2.44. The first-order chi connectivity index (χ1) is 15.9. The third-order valence-electron chi connectivity index (χ3n) is 6.60. The zero-order valence-electron chi connectivity index (χ0n) is 18.1. The smallest absolute Gasteiger partial charge is 0.358 e. The van der Waals surface area contributed by atoms with Gasteiger partial charge in [0, 0.05) is 12.7 Å². The Morgan fingerprint density at radius 2 is 2.06 bits per heavy atom. The molecular weight excluding hydrogens is 474 g/mol. The van der Waals surface area contributed by atoms with E-state index in [2.05, 4.69) is 10.3 Å². The minimum Gasteiger partial charge on any atom is -0.358 e. The molecule has 1 saturated carbocycles. The number of alkyl halides is 4. The van der Waals surface area contributed by atoms with E-state index in [0.29, 0.717) is 25.3 Å². The fraction of sp³-hybridized carbons (Fsp3) is 0.409. The van der Waals surface area contributed by atoms with Gasteiger partial charge in [-0.3, -0.25) is 14.5 Å². The number of hydrogen-bond acceptors (Lipinski definition) is 5. The van der Waals surface area contributed by atoms with Gasteiger partial charge in [0.2, 0.25) is 5.91 Å². The van der Waals surface area contributed by atoms with Crippen LogP contribution in [0.4, 0.5) is 23.2 Å². The molecule has 1 aromatic rings. The Morgan fingerprint density at radius 1 is 1.38 bits per heavy atom. The molecule has 2 amide bonds. The Hall–Kier alpha value is -3.33. The maximum Gasteiger partial charge on any atom is 0.419 e. The van der Waals surface area contributed by atoms with Gasteiger partial charge in [0.05, 0.1) is 22.9 Å². The number of anilines is 1. The number of thiocarbonyl (C=S) groups is 1. The fourth-order valence-corrected chi connectivity index (χ4v) is 4.91. The number of halogens is 4. The van der Waals surface area contributed by atoms with Gasteiger partial charge >= 0.3 is 6.18 Å². The Bertz CT molecular complexity index is 1200. The summed E-state index contributed by atoms with van der Waals surface area (Å²) in [6, 6.07) is 2.06. The number of pyridine rings is 1. The van der Waals surface area contributed by atoms with Crippen molar-refractivity contribution in [2.45, 2.75) is 44.1 Å². The molecule has 2 aliphatic carbocycles. The van der Waals surface area contributed by atoms with Gasteiger partial charge in [0.15, 0.2) is 10.8 Å². The molecule has 1 saturated heterocycles. The molecule has 2 heterocycles. The van der Waals surface area contributed by atoms with Crippen molar-refractivity contribution < 1.29 is 27.2 Å². The van der Waals surface area contributed by atoms with Gasteiger partial charge in [0.1, 0.15) is 17.8 Å². The van der Waals surface area contributed by atoms with Crippen LogP contribution in [0.15, 0.2) is 36.2 Å². The van der Waals surface area contributed by atoms with Crippen LogP contribution in [0, 0.1) is 16.7 Å². The van der Waals surface area contributed by atoms with Crippen molar-refractivity contribution in [3.63, 3.8) is 0 Å². The molecule has 2 atom stereocenters. The van der Waals surface area contributed by atoms with Crippen LogP contribution in [-0.2, 0) is 15.8 Å². The molecule has 178 valence electrons. The molecule has 1 N–H and O–H groups in total. The van der Waals surface area contributed by atoms with Crippen LogP contribution >= 0.6 is 12.2 Å². The molecule has 3 aliphatic rings. The molecule has 1 aromatic heterocycles. The third kappa shape index (κ3) is 3.29. The second-order valence-corrected chi connectivity index (χ2v) is 8.90. The average Bonchev–Trinajstić information content (AvgIpc) is 3.00. The molecular formula is C22H19F4N5O2S. The Morgan fingerprint density at radius 3 is 2.56 bits per heavy atom. The fourth-order valence-electron chi connectivity index (χ4n) is 4.44. The molecule has 12 heteroatoms. The SMILES string of the molecule is CNC(=O)C1(C)C=CC(N2C(=S)N(c3cnc(C#N)c(C(F)(F)F)c3)C(=O)C23CCC3)=CC1F. The third-order valence-corrected chi connectivity index (χ3v) is 6.97. The summed E-state index contributed by atoms with van der Waals surface area (Å²) in [5, 5.41) is 11.3. The van der Waals surface area contributed by atoms with Crippen LogP contribution in [-0.4, -0.2) is 45.6 Å². The van der Waals surface area contributed by atoms with Crippen LogP contribution in [0.1, 0.15) is 37.4 Å². The zero-order chi connectivity index (χ0) is 25.1. The number of nitriles is 1. The zero-order valence-corrected chi connectivity index (χ0v) is 18.9. The molecule has 2 unspecified atom stereocenters. The number of hydrogen-bond donors (Lipinski definition) is 1. The van der Waals surface area contributed by atoms with Gasteiger partial charge in [-0.2, -0.15) is 18.4 Å². The quantitative estimate of drug-likeness (QED) is 0.513. The van der Waals surface area contributed by atoms with E-state index < -0.39 is 46.4 Å². The normalized spacial score (nSPS) is 25.8. The number of rotatable bonds is 3. The van der Waals surface area contributed by atoms with Crippen molar-refractivity contribution in [1.82, 2.24) is 15.2 Å². The highest BCUT2D eigenvalue weighted by Gasteiger charge is 2.60. The van der Waals surface area contributed by atoms with E-state index in [4.69, 9.17) is 17.5 Å². The summed E-state index contributed by atoms with van der Waals surface area (Å²) in [5.41, 5.74) is -4.73. The second-order valence-electron chi connectivity index (χ2n) is 8.53. The van der Waals surface area contributed by atoms with E-state index in [9.17, 15) is 22.8 Å². The first kappa shape index (κ1) is 23.8. The summed E-state index contributed by atoms with van der Waals surface area (Å²) in [7, 11) is 1.39. The van der Waals surface area contributed by atoms with Gasteiger partial charge in [-0.05, 0) is 56.6 Å². The number of allylic oxidation sites excluding steroid dienone is 2. The molecule has 34 heavy (non-hydrogen) atoms. The van der Waals surface area contributed by atoms with Crippen molar-refractivity contribution in [3.05, 3.63) is 47.4 Å². The number of nitrogens with zero attached hydrogens (tertiary/aromatic N) is 4. The maximum atomic E-state index is 15.1.